The van der Waals surface area contributed by atoms with Crippen LogP contribution in [0.3, 0.4) is 0 Å². The standard InChI is InChI=1S/C21H20FN3O2S/c22-17-7-3-1-5-15(17)19-9-10-24(11-12-28-19)20(26)13-25-14-23-18-8-4-2-6-16(18)21(25)27/h1-8,14,19H,9-13H2/t19-/m0/s1. The van der Waals surface area contributed by atoms with Gasteiger partial charge in [-0.05, 0) is 24.6 Å². The van der Waals surface area contributed by atoms with Crippen molar-refractivity contribution in [2.45, 2.75) is 18.2 Å². The van der Waals surface area contributed by atoms with Crippen LogP contribution in [0.4, 0.5) is 4.39 Å². The fourth-order valence-electron chi connectivity index (χ4n) is 3.47. The Morgan fingerprint density at radius 3 is 2.79 bits per heavy atom. The van der Waals surface area contributed by atoms with Crippen molar-refractivity contribution >= 4 is 28.6 Å². The Labute approximate surface area is 166 Å². The maximum atomic E-state index is 14.1. The van der Waals surface area contributed by atoms with Crippen molar-refractivity contribution in [1.29, 1.82) is 0 Å². The summed E-state index contributed by atoms with van der Waals surface area (Å²) in [5, 5.41) is 0.535. The van der Waals surface area contributed by atoms with Crippen molar-refractivity contribution in [3.8, 4) is 0 Å². The SMILES string of the molecule is O=C(Cn1cnc2ccccc2c1=O)N1CCS[C@H](c2ccccc2F)CC1. The van der Waals surface area contributed by atoms with E-state index in [0.29, 0.717) is 36.0 Å². The summed E-state index contributed by atoms with van der Waals surface area (Å²) in [5.74, 6) is 0.415. The minimum absolute atomic E-state index is 0.0315. The van der Waals surface area contributed by atoms with Crippen LogP contribution in [0.2, 0.25) is 0 Å². The summed E-state index contributed by atoms with van der Waals surface area (Å²) in [6, 6.07) is 13.9. The number of benzene rings is 2. The van der Waals surface area contributed by atoms with E-state index in [2.05, 4.69) is 4.98 Å². The quantitative estimate of drug-likeness (QED) is 0.681. The molecule has 1 saturated heterocycles. The molecule has 0 bridgehead atoms. The van der Waals surface area contributed by atoms with Crippen molar-refractivity contribution in [2.24, 2.45) is 0 Å². The summed E-state index contributed by atoms with van der Waals surface area (Å²) in [6.45, 7) is 1.09. The van der Waals surface area contributed by atoms with E-state index < -0.39 is 0 Å². The van der Waals surface area contributed by atoms with E-state index in [0.717, 1.165) is 5.75 Å². The van der Waals surface area contributed by atoms with Gasteiger partial charge in [0.15, 0.2) is 0 Å². The normalized spacial score (nSPS) is 17.5. The number of nitrogens with zero attached hydrogens (tertiary/aromatic N) is 3. The minimum atomic E-state index is -0.215. The summed E-state index contributed by atoms with van der Waals surface area (Å²) in [7, 11) is 0. The van der Waals surface area contributed by atoms with E-state index in [9.17, 15) is 14.0 Å². The highest BCUT2D eigenvalue weighted by Gasteiger charge is 2.24. The minimum Gasteiger partial charge on any atom is -0.340 e. The van der Waals surface area contributed by atoms with Crippen LogP contribution >= 0.6 is 11.8 Å². The van der Waals surface area contributed by atoms with Crippen LogP contribution in [0.25, 0.3) is 10.9 Å². The monoisotopic (exact) mass is 397 g/mol. The highest BCUT2D eigenvalue weighted by molar-refractivity contribution is 7.99. The summed E-state index contributed by atoms with van der Waals surface area (Å²) < 4.78 is 15.4. The van der Waals surface area contributed by atoms with E-state index in [4.69, 9.17) is 0 Å². The molecule has 0 N–H and O–H groups in total. The zero-order valence-electron chi connectivity index (χ0n) is 15.3. The molecule has 1 aliphatic rings. The maximum Gasteiger partial charge on any atom is 0.261 e. The van der Waals surface area contributed by atoms with Gasteiger partial charge in [-0.15, -0.1) is 0 Å². The van der Waals surface area contributed by atoms with Crippen LogP contribution in [0.5, 0.6) is 0 Å². The molecule has 1 aromatic heterocycles. The maximum absolute atomic E-state index is 14.1. The number of carbonyl (C=O) groups is 1. The smallest absolute Gasteiger partial charge is 0.261 e. The molecule has 1 amide bonds. The van der Waals surface area contributed by atoms with E-state index in [1.165, 1.54) is 17.0 Å². The Hall–Kier alpha value is -2.67. The molecule has 0 spiro atoms. The summed E-state index contributed by atoms with van der Waals surface area (Å²) in [5.41, 5.74) is 1.10. The number of amides is 1. The number of para-hydroxylation sites is 1. The number of carbonyl (C=O) groups excluding carboxylic acids is 1. The second kappa shape index (κ2) is 8.14. The van der Waals surface area contributed by atoms with Crippen LogP contribution < -0.4 is 5.56 Å². The van der Waals surface area contributed by atoms with Crippen LogP contribution in [-0.2, 0) is 11.3 Å². The lowest BCUT2D eigenvalue weighted by Crippen LogP contribution is -2.37. The first kappa shape index (κ1) is 18.7. The van der Waals surface area contributed by atoms with Crippen molar-refractivity contribution in [3.63, 3.8) is 0 Å². The summed E-state index contributed by atoms with van der Waals surface area (Å²) in [6.07, 6.45) is 2.11. The zero-order chi connectivity index (χ0) is 19.5. The third-order valence-electron chi connectivity index (χ3n) is 4.98. The lowest BCUT2D eigenvalue weighted by Gasteiger charge is -2.21. The van der Waals surface area contributed by atoms with Gasteiger partial charge in [-0.3, -0.25) is 14.2 Å². The molecule has 0 aliphatic carbocycles. The molecule has 4 rings (SSSR count). The molecule has 7 heteroatoms. The molecule has 1 fully saturated rings. The number of thioether (sulfide) groups is 1. The Kier molecular flexibility index (Phi) is 5.43. The van der Waals surface area contributed by atoms with Gasteiger partial charge >= 0.3 is 0 Å². The second-order valence-electron chi connectivity index (χ2n) is 6.75. The molecule has 28 heavy (non-hydrogen) atoms. The fourth-order valence-corrected chi connectivity index (χ4v) is 4.72. The zero-order valence-corrected chi connectivity index (χ0v) is 16.1. The Morgan fingerprint density at radius 2 is 1.93 bits per heavy atom. The number of hydrogen-bond acceptors (Lipinski definition) is 4. The molecular formula is C21H20FN3O2S. The van der Waals surface area contributed by atoms with Gasteiger partial charge in [-0.25, -0.2) is 9.37 Å². The number of rotatable bonds is 3. The molecule has 0 unspecified atom stereocenters. The fraction of sp³-hybridized carbons (Fsp3) is 0.286. The van der Waals surface area contributed by atoms with E-state index in [1.807, 2.05) is 18.2 Å². The summed E-state index contributed by atoms with van der Waals surface area (Å²) in [4.78, 5) is 31.4. The molecule has 0 saturated carbocycles. The third-order valence-corrected chi connectivity index (χ3v) is 6.29. The first-order valence-corrected chi connectivity index (χ1v) is 10.3. The van der Waals surface area contributed by atoms with Gasteiger partial charge in [0.2, 0.25) is 5.91 Å². The van der Waals surface area contributed by atoms with Gasteiger partial charge in [0.05, 0.1) is 17.2 Å². The van der Waals surface area contributed by atoms with Gasteiger partial charge in [-0.2, -0.15) is 11.8 Å². The number of hydrogen-bond donors (Lipinski definition) is 0. The molecule has 0 radical (unpaired) electrons. The largest absolute Gasteiger partial charge is 0.340 e. The highest BCUT2D eigenvalue weighted by Crippen LogP contribution is 2.35. The van der Waals surface area contributed by atoms with Gasteiger partial charge in [0, 0.05) is 29.7 Å². The predicted octanol–water partition coefficient (Wildman–Crippen LogP) is 3.24. The van der Waals surface area contributed by atoms with Gasteiger partial charge in [0.25, 0.3) is 5.56 Å². The number of aromatic nitrogens is 2. The van der Waals surface area contributed by atoms with Crippen LogP contribution in [0.15, 0.2) is 59.7 Å². The molecule has 3 aromatic rings. The molecule has 2 heterocycles. The van der Waals surface area contributed by atoms with Crippen molar-refractivity contribution in [3.05, 3.63) is 76.6 Å². The summed E-state index contributed by atoms with van der Waals surface area (Å²) >= 11 is 1.67. The molecule has 5 nitrogen and oxygen atoms in total. The van der Waals surface area contributed by atoms with Gasteiger partial charge in [0.1, 0.15) is 12.4 Å². The van der Waals surface area contributed by atoms with E-state index in [1.54, 1.807) is 40.9 Å². The van der Waals surface area contributed by atoms with Crippen molar-refractivity contribution in [2.75, 3.05) is 18.8 Å². The Balaban J connectivity index is 1.47. The topological polar surface area (TPSA) is 55.2 Å². The average Bonchev–Trinajstić information content (AvgIpc) is 2.97. The lowest BCUT2D eigenvalue weighted by atomic mass is 10.1. The number of halogens is 1. The van der Waals surface area contributed by atoms with Gasteiger partial charge < -0.3 is 4.90 Å². The van der Waals surface area contributed by atoms with Gasteiger partial charge in [-0.1, -0.05) is 30.3 Å². The second-order valence-corrected chi connectivity index (χ2v) is 8.06. The van der Waals surface area contributed by atoms with E-state index in [-0.39, 0.29) is 29.1 Å². The van der Waals surface area contributed by atoms with Crippen LogP contribution in [0, 0.1) is 5.82 Å². The Morgan fingerprint density at radius 1 is 1.14 bits per heavy atom. The Bertz CT molecular complexity index is 1070. The predicted molar refractivity (Wildman–Crippen MR) is 109 cm³/mol. The third kappa shape index (κ3) is 3.80. The molecule has 2 aromatic carbocycles. The number of fused-ring (bicyclic) bond motifs is 1. The lowest BCUT2D eigenvalue weighted by molar-refractivity contribution is -0.131. The molecule has 144 valence electrons. The first-order chi connectivity index (χ1) is 13.6. The molecule has 1 aliphatic heterocycles. The van der Waals surface area contributed by atoms with E-state index >= 15 is 0 Å². The molecular weight excluding hydrogens is 377 g/mol. The van der Waals surface area contributed by atoms with Crippen LogP contribution in [0.1, 0.15) is 17.2 Å². The van der Waals surface area contributed by atoms with Crippen LogP contribution in [-0.4, -0.2) is 39.2 Å². The van der Waals surface area contributed by atoms with Crippen molar-refractivity contribution in [1.82, 2.24) is 14.5 Å². The average molecular weight is 397 g/mol. The first-order valence-electron chi connectivity index (χ1n) is 9.21. The van der Waals surface area contributed by atoms with Crippen molar-refractivity contribution < 1.29 is 9.18 Å². The molecule has 1 atom stereocenters. The highest BCUT2D eigenvalue weighted by atomic mass is 32.2.